The van der Waals surface area contributed by atoms with Gasteiger partial charge >= 0.3 is 6.18 Å². The number of hydrogen-bond acceptors (Lipinski definition) is 5. The average molecular weight is 394 g/mol. The van der Waals surface area contributed by atoms with E-state index < -0.39 is 52.2 Å². The smallest absolute Gasteiger partial charge is 0.298 e. The lowest BCUT2D eigenvalue weighted by Gasteiger charge is -2.20. The van der Waals surface area contributed by atoms with Crippen molar-refractivity contribution in [2.75, 3.05) is 0 Å². The highest BCUT2D eigenvalue weighted by Gasteiger charge is 2.43. The molecule has 9 heteroatoms. The van der Waals surface area contributed by atoms with Gasteiger partial charge in [-0.2, -0.15) is 13.2 Å². The third kappa shape index (κ3) is 3.56. The van der Waals surface area contributed by atoms with Crippen molar-refractivity contribution in [3.63, 3.8) is 0 Å². The van der Waals surface area contributed by atoms with Crippen LogP contribution >= 0.6 is 0 Å². The normalized spacial score (nSPS) is 16.3. The summed E-state index contributed by atoms with van der Waals surface area (Å²) in [5, 5.41) is -0.141. The molecule has 0 bridgehead atoms. The van der Waals surface area contributed by atoms with E-state index >= 15 is 0 Å². The summed E-state index contributed by atoms with van der Waals surface area (Å²) in [6.07, 6.45) is -2.17. The van der Waals surface area contributed by atoms with Crippen LogP contribution in [0.3, 0.4) is 0 Å². The Morgan fingerprint density at radius 1 is 1.14 bits per heavy atom. The Morgan fingerprint density at radius 3 is 2.36 bits per heavy atom. The maximum absolute atomic E-state index is 14.1. The highest BCUT2D eigenvalue weighted by atomic mass is 19.4. The van der Waals surface area contributed by atoms with E-state index in [1.807, 2.05) is 0 Å². The number of carbonyl (C=O) groups excluding carboxylic acids is 3. The molecular formula is C19H14F4N2O3. The summed E-state index contributed by atoms with van der Waals surface area (Å²) < 4.78 is 54.7. The number of ketones is 3. The van der Waals surface area contributed by atoms with E-state index in [1.54, 1.807) is 6.92 Å². The quantitative estimate of drug-likeness (QED) is 0.448. The van der Waals surface area contributed by atoms with Crippen LogP contribution in [0, 0.1) is 11.7 Å². The molecule has 0 unspecified atom stereocenters. The van der Waals surface area contributed by atoms with Crippen LogP contribution in [-0.2, 0) is 15.8 Å². The van der Waals surface area contributed by atoms with E-state index in [4.69, 9.17) is 0 Å². The molecule has 3 rings (SSSR count). The fourth-order valence-electron chi connectivity index (χ4n) is 3.12. The second-order valence-electron chi connectivity index (χ2n) is 6.37. The fraction of sp³-hybridized carbons (Fsp3) is 0.316. The molecule has 2 aromatic rings. The molecule has 0 aliphatic heterocycles. The lowest BCUT2D eigenvalue weighted by molar-refractivity contribution is -0.142. The number of allylic oxidation sites excluding steroid dienone is 1. The molecule has 0 radical (unpaired) electrons. The van der Waals surface area contributed by atoms with Gasteiger partial charge < -0.3 is 0 Å². The largest absolute Gasteiger partial charge is 0.434 e. The number of alkyl halides is 3. The first-order valence-electron chi connectivity index (χ1n) is 8.44. The van der Waals surface area contributed by atoms with Crippen LogP contribution in [0.2, 0.25) is 0 Å². The van der Waals surface area contributed by atoms with Gasteiger partial charge in [0.15, 0.2) is 28.7 Å². The van der Waals surface area contributed by atoms with E-state index in [1.165, 1.54) is 12.2 Å². The zero-order chi connectivity index (χ0) is 20.6. The monoisotopic (exact) mass is 394 g/mol. The van der Waals surface area contributed by atoms with Crippen molar-refractivity contribution in [2.24, 2.45) is 5.92 Å². The second kappa shape index (κ2) is 7.21. The molecule has 1 aliphatic carbocycles. The number of carbonyl (C=O) groups is 3. The van der Waals surface area contributed by atoms with Crippen LogP contribution in [-0.4, -0.2) is 27.3 Å². The van der Waals surface area contributed by atoms with Gasteiger partial charge in [-0.05, 0) is 31.6 Å². The molecule has 5 nitrogen and oxygen atoms in total. The number of halogens is 4. The third-order valence-corrected chi connectivity index (χ3v) is 4.40. The van der Waals surface area contributed by atoms with Crippen molar-refractivity contribution in [1.82, 2.24) is 9.97 Å². The highest BCUT2D eigenvalue weighted by molar-refractivity contribution is 6.25. The molecule has 0 atom stereocenters. The lowest BCUT2D eigenvalue weighted by atomic mass is 9.81. The minimum atomic E-state index is -5.03. The van der Waals surface area contributed by atoms with Gasteiger partial charge in [-0.25, -0.2) is 14.4 Å². The molecule has 28 heavy (non-hydrogen) atoms. The number of pyridine rings is 2. The Balaban J connectivity index is 2.22. The molecular weight excluding hydrogens is 380 g/mol. The summed E-state index contributed by atoms with van der Waals surface area (Å²) in [4.78, 5) is 43.8. The van der Waals surface area contributed by atoms with Crippen molar-refractivity contribution in [3.05, 3.63) is 41.0 Å². The first-order chi connectivity index (χ1) is 13.1. The molecule has 2 heterocycles. The van der Waals surface area contributed by atoms with Gasteiger partial charge in [0.1, 0.15) is 17.4 Å². The summed E-state index contributed by atoms with van der Waals surface area (Å²) in [5.74, 6) is -5.30. The van der Waals surface area contributed by atoms with E-state index in [-0.39, 0.29) is 30.3 Å². The second-order valence-corrected chi connectivity index (χ2v) is 6.37. The van der Waals surface area contributed by atoms with Crippen LogP contribution in [0.25, 0.3) is 17.1 Å². The zero-order valence-electron chi connectivity index (χ0n) is 14.6. The van der Waals surface area contributed by atoms with Crippen molar-refractivity contribution in [2.45, 2.75) is 32.4 Å². The number of Topliss-reactive ketones (excluding diaryl/α,β-unsaturated/α-hetero) is 3. The molecule has 1 aliphatic rings. The van der Waals surface area contributed by atoms with Gasteiger partial charge in [-0.15, -0.1) is 0 Å². The van der Waals surface area contributed by atoms with E-state index in [0.717, 1.165) is 12.1 Å². The first kappa shape index (κ1) is 19.8. The summed E-state index contributed by atoms with van der Waals surface area (Å²) >= 11 is 0. The van der Waals surface area contributed by atoms with Crippen molar-refractivity contribution in [3.8, 4) is 0 Å². The standard InChI is InChI=1S/C19H14F4N2O3/c1-2-4-12-11(20)8-9-7-10(17(19(21,22)23)25-18(9)24-12)16(28)15-13(26)5-3-6-14(15)27/h2,4,7-8,15H,3,5-6H2,1H3. The van der Waals surface area contributed by atoms with Crippen molar-refractivity contribution >= 4 is 34.5 Å². The molecule has 1 saturated carbocycles. The molecule has 1 fully saturated rings. The molecule has 0 amide bonds. The number of fused-ring (bicyclic) bond motifs is 1. The van der Waals surface area contributed by atoms with Crippen LogP contribution in [0.4, 0.5) is 17.6 Å². The minimum Gasteiger partial charge on any atom is -0.298 e. The Bertz CT molecular complexity index is 1010. The van der Waals surface area contributed by atoms with E-state index in [2.05, 4.69) is 9.97 Å². The first-order valence-corrected chi connectivity index (χ1v) is 8.44. The maximum atomic E-state index is 14.1. The van der Waals surface area contributed by atoms with Gasteiger partial charge in [0.2, 0.25) is 0 Å². The van der Waals surface area contributed by atoms with E-state index in [9.17, 15) is 31.9 Å². The Kier molecular flexibility index (Phi) is 5.10. The Hall–Kier alpha value is -2.97. The number of aromatic nitrogens is 2. The predicted octanol–water partition coefficient (Wildman–Crippen LogP) is 3.94. The topological polar surface area (TPSA) is 77.0 Å². The molecule has 2 aromatic heterocycles. The molecule has 146 valence electrons. The van der Waals surface area contributed by atoms with Crippen LogP contribution < -0.4 is 0 Å². The van der Waals surface area contributed by atoms with Gasteiger partial charge in [0.05, 0.1) is 5.56 Å². The molecule has 0 spiro atoms. The Morgan fingerprint density at radius 2 is 1.79 bits per heavy atom. The van der Waals surface area contributed by atoms with Crippen LogP contribution in [0.1, 0.15) is 47.9 Å². The summed E-state index contributed by atoms with van der Waals surface area (Å²) in [5.41, 5.74) is -3.10. The zero-order valence-corrected chi connectivity index (χ0v) is 14.6. The highest BCUT2D eigenvalue weighted by Crippen LogP contribution is 2.34. The fourth-order valence-corrected chi connectivity index (χ4v) is 3.12. The molecule has 0 N–H and O–H groups in total. The van der Waals surface area contributed by atoms with Crippen LogP contribution in [0.15, 0.2) is 18.2 Å². The maximum Gasteiger partial charge on any atom is 0.434 e. The van der Waals surface area contributed by atoms with Gasteiger partial charge in [-0.1, -0.05) is 6.08 Å². The summed E-state index contributed by atoms with van der Waals surface area (Å²) in [6, 6.07) is 1.70. The lowest BCUT2D eigenvalue weighted by Crippen LogP contribution is -2.36. The van der Waals surface area contributed by atoms with Crippen LogP contribution in [0.5, 0.6) is 0 Å². The number of hydrogen-bond donors (Lipinski definition) is 0. The number of nitrogens with zero attached hydrogens (tertiary/aromatic N) is 2. The van der Waals surface area contributed by atoms with Gasteiger partial charge in [0, 0.05) is 18.2 Å². The SMILES string of the molecule is CC=Cc1nc2nc(C(F)(F)F)c(C(=O)C3C(=O)CCCC3=O)cc2cc1F. The van der Waals surface area contributed by atoms with Gasteiger partial charge in [-0.3, -0.25) is 14.4 Å². The minimum absolute atomic E-state index is 0.0621. The average Bonchev–Trinajstić information content (AvgIpc) is 2.60. The molecule has 0 aromatic carbocycles. The van der Waals surface area contributed by atoms with Crippen molar-refractivity contribution in [1.29, 1.82) is 0 Å². The number of rotatable bonds is 3. The van der Waals surface area contributed by atoms with Crippen molar-refractivity contribution < 1.29 is 31.9 Å². The van der Waals surface area contributed by atoms with Gasteiger partial charge in [0.25, 0.3) is 0 Å². The molecule has 0 saturated heterocycles. The van der Waals surface area contributed by atoms with E-state index in [0.29, 0.717) is 0 Å². The summed E-state index contributed by atoms with van der Waals surface area (Å²) in [7, 11) is 0. The third-order valence-electron chi connectivity index (χ3n) is 4.40. The summed E-state index contributed by atoms with van der Waals surface area (Å²) in [6.45, 7) is 1.58. The Labute approximate surface area is 156 Å². The predicted molar refractivity (Wildman–Crippen MR) is 90.9 cm³/mol.